The van der Waals surface area contributed by atoms with Crippen molar-refractivity contribution in [1.29, 1.82) is 0 Å². The molecular weight excluding hydrogens is 326 g/mol. The zero-order valence-corrected chi connectivity index (χ0v) is 14.7. The Morgan fingerprint density at radius 2 is 1.81 bits per heavy atom. The average Bonchev–Trinajstić information content (AvgIpc) is 3.35. The quantitative estimate of drug-likeness (QED) is 0.724. The van der Waals surface area contributed by atoms with Crippen LogP contribution in [0.1, 0.15) is 53.4 Å². The molecule has 1 heterocycles. The third-order valence-corrected chi connectivity index (χ3v) is 4.94. The molecule has 2 aromatic carbocycles. The van der Waals surface area contributed by atoms with Crippen molar-refractivity contribution in [3.05, 3.63) is 65.5 Å². The van der Waals surface area contributed by atoms with Gasteiger partial charge in [0.15, 0.2) is 0 Å². The monoisotopic (exact) mass is 347 g/mol. The zero-order valence-electron chi connectivity index (χ0n) is 14.7. The SMILES string of the molecule is Cc1ccccc1NC(=O)c1ccc(-c2noc(C3CCCC3)n2)cc1. The second-order valence-electron chi connectivity index (χ2n) is 6.78. The molecule has 132 valence electrons. The molecule has 5 heteroatoms. The van der Waals surface area contributed by atoms with Gasteiger partial charge in [-0.3, -0.25) is 4.79 Å². The van der Waals surface area contributed by atoms with Gasteiger partial charge >= 0.3 is 0 Å². The lowest BCUT2D eigenvalue weighted by Crippen LogP contribution is -2.12. The van der Waals surface area contributed by atoms with E-state index >= 15 is 0 Å². The zero-order chi connectivity index (χ0) is 17.9. The second-order valence-corrected chi connectivity index (χ2v) is 6.78. The minimum Gasteiger partial charge on any atom is -0.339 e. The van der Waals surface area contributed by atoms with Gasteiger partial charge in [0, 0.05) is 22.7 Å². The molecule has 1 amide bonds. The van der Waals surface area contributed by atoms with E-state index in [1.807, 2.05) is 43.3 Å². The average molecular weight is 347 g/mol. The Balaban J connectivity index is 1.48. The van der Waals surface area contributed by atoms with E-state index in [9.17, 15) is 4.79 Å². The van der Waals surface area contributed by atoms with Crippen molar-refractivity contribution < 1.29 is 9.32 Å². The highest BCUT2D eigenvalue weighted by Crippen LogP contribution is 2.33. The summed E-state index contributed by atoms with van der Waals surface area (Å²) in [7, 11) is 0. The third kappa shape index (κ3) is 3.38. The molecule has 0 aliphatic heterocycles. The summed E-state index contributed by atoms with van der Waals surface area (Å²) in [5.74, 6) is 1.58. The second kappa shape index (κ2) is 7.12. The highest BCUT2D eigenvalue weighted by molar-refractivity contribution is 6.04. The predicted molar refractivity (Wildman–Crippen MR) is 100 cm³/mol. The largest absolute Gasteiger partial charge is 0.339 e. The molecular formula is C21H21N3O2. The van der Waals surface area contributed by atoms with Gasteiger partial charge in [0.1, 0.15) is 0 Å². The lowest BCUT2D eigenvalue weighted by Gasteiger charge is -2.08. The predicted octanol–water partition coefficient (Wildman–Crippen LogP) is 4.95. The smallest absolute Gasteiger partial charge is 0.255 e. The van der Waals surface area contributed by atoms with E-state index in [4.69, 9.17) is 4.52 Å². The van der Waals surface area contributed by atoms with Crippen LogP contribution in [0.25, 0.3) is 11.4 Å². The van der Waals surface area contributed by atoms with Gasteiger partial charge in [-0.2, -0.15) is 4.98 Å². The van der Waals surface area contributed by atoms with Crippen molar-refractivity contribution in [3.8, 4) is 11.4 Å². The van der Waals surface area contributed by atoms with Gasteiger partial charge in [-0.15, -0.1) is 0 Å². The summed E-state index contributed by atoms with van der Waals surface area (Å²) in [5.41, 5.74) is 3.30. The molecule has 0 bridgehead atoms. The van der Waals surface area contributed by atoms with E-state index in [0.717, 1.165) is 35.5 Å². The van der Waals surface area contributed by atoms with Crippen molar-refractivity contribution in [2.24, 2.45) is 0 Å². The molecule has 3 aromatic rings. The van der Waals surface area contributed by atoms with Crippen molar-refractivity contribution in [2.75, 3.05) is 5.32 Å². The lowest BCUT2D eigenvalue weighted by atomic mass is 10.1. The number of anilines is 1. The number of aryl methyl sites for hydroxylation is 1. The van der Waals surface area contributed by atoms with Crippen molar-refractivity contribution in [2.45, 2.75) is 38.5 Å². The van der Waals surface area contributed by atoms with Crippen LogP contribution < -0.4 is 5.32 Å². The summed E-state index contributed by atoms with van der Waals surface area (Å²) < 4.78 is 5.43. The maximum absolute atomic E-state index is 12.4. The number of carbonyl (C=O) groups excluding carboxylic acids is 1. The van der Waals surface area contributed by atoms with Gasteiger partial charge in [-0.1, -0.05) is 48.3 Å². The number of rotatable bonds is 4. The number of para-hydroxylation sites is 1. The first-order chi connectivity index (χ1) is 12.7. The molecule has 1 N–H and O–H groups in total. The summed E-state index contributed by atoms with van der Waals surface area (Å²) >= 11 is 0. The molecule has 5 nitrogen and oxygen atoms in total. The first-order valence-electron chi connectivity index (χ1n) is 9.02. The molecule has 0 atom stereocenters. The number of carbonyl (C=O) groups is 1. The number of aromatic nitrogens is 2. The van der Waals surface area contributed by atoms with E-state index in [1.165, 1.54) is 12.8 Å². The molecule has 0 radical (unpaired) electrons. The molecule has 4 rings (SSSR count). The molecule has 1 aliphatic carbocycles. The highest BCUT2D eigenvalue weighted by atomic mass is 16.5. The van der Waals surface area contributed by atoms with Crippen LogP contribution in [0.5, 0.6) is 0 Å². The molecule has 0 unspecified atom stereocenters. The van der Waals surface area contributed by atoms with Gasteiger partial charge in [0.05, 0.1) is 0 Å². The summed E-state index contributed by atoms with van der Waals surface area (Å²) in [6.45, 7) is 1.97. The van der Waals surface area contributed by atoms with E-state index < -0.39 is 0 Å². The number of nitrogens with one attached hydrogen (secondary N) is 1. The van der Waals surface area contributed by atoms with Gasteiger partial charge in [-0.05, 0) is 43.5 Å². The molecule has 26 heavy (non-hydrogen) atoms. The summed E-state index contributed by atoms with van der Waals surface area (Å²) in [4.78, 5) is 17.0. The third-order valence-electron chi connectivity index (χ3n) is 4.94. The minimum atomic E-state index is -0.134. The fourth-order valence-corrected chi connectivity index (χ4v) is 3.37. The summed E-state index contributed by atoms with van der Waals surface area (Å²) in [6.07, 6.45) is 4.71. The Labute approximate surface area is 152 Å². The van der Waals surface area contributed by atoms with Gasteiger partial charge in [0.25, 0.3) is 5.91 Å². The number of hydrogen-bond acceptors (Lipinski definition) is 4. The van der Waals surface area contributed by atoms with E-state index in [2.05, 4.69) is 15.5 Å². The lowest BCUT2D eigenvalue weighted by molar-refractivity contribution is 0.102. The van der Waals surface area contributed by atoms with Gasteiger partial charge in [0.2, 0.25) is 11.7 Å². The summed E-state index contributed by atoms with van der Waals surface area (Å²) in [5, 5.41) is 7.04. The Kier molecular flexibility index (Phi) is 4.52. The molecule has 0 spiro atoms. The standard InChI is InChI=1S/C21H21N3O2/c1-14-6-2-5-9-18(14)22-20(25)16-12-10-15(11-13-16)19-23-21(26-24-19)17-7-3-4-8-17/h2,5-6,9-13,17H,3-4,7-8H2,1H3,(H,22,25). The maximum Gasteiger partial charge on any atom is 0.255 e. The maximum atomic E-state index is 12.4. The van der Waals surface area contributed by atoms with Crippen molar-refractivity contribution in [1.82, 2.24) is 10.1 Å². The normalized spacial score (nSPS) is 14.5. The first-order valence-corrected chi connectivity index (χ1v) is 9.02. The molecule has 1 aliphatic rings. The van der Waals surface area contributed by atoms with Crippen LogP contribution in [-0.2, 0) is 0 Å². The fourth-order valence-electron chi connectivity index (χ4n) is 3.37. The van der Waals surface area contributed by atoms with Crippen molar-refractivity contribution in [3.63, 3.8) is 0 Å². The van der Waals surface area contributed by atoms with Crippen molar-refractivity contribution >= 4 is 11.6 Å². The number of hydrogen-bond donors (Lipinski definition) is 1. The summed E-state index contributed by atoms with van der Waals surface area (Å²) in [6, 6.07) is 15.0. The van der Waals surface area contributed by atoms with Crippen LogP contribution in [0, 0.1) is 6.92 Å². The minimum absolute atomic E-state index is 0.134. The number of benzene rings is 2. The van der Waals surface area contributed by atoms with Crippen LogP contribution in [0.3, 0.4) is 0 Å². The van der Waals surface area contributed by atoms with Crippen LogP contribution in [0.2, 0.25) is 0 Å². The van der Waals surface area contributed by atoms with E-state index in [0.29, 0.717) is 17.3 Å². The molecule has 0 saturated heterocycles. The molecule has 1 saturated carbocycles. The molecule has 1 fully saturated rings. The highest BCUT2D eigenvalue weighted by Gasteiger charge is 2.23. The Bertz CT molecular complexity index is 909. The Morgan fingerprint density at radius 1 is 1.08 bits per heavy atom. The topological polar surface area (TPSA) is 68.0 Å². The van der Waals surface area contributed by atoms with Crippen LogP contribution >= 0.6 is 0 Å². The Hall–Kier alpha value is -2.95. The Morgan fingerprint density at radius 3 is 2.54 bits per heavy atom. The van der Waals surface area contributed by atoms with Crippen LogP contribution in [0.15, 0.2) is 53.1 Å². The van der Waals surface area contributed by atoms with Crippen LogP contribution in [0.4, 0.5) is 5.69 Å². The van der Waals surface area contributed by atoms with Gasteiger partial charge < -0.3 is 9.84 Å². The first kappa shape index (κ1) is 16.5. The number of amides is 1. The van der Waals surface area contributed by atoms with E-state index in [-0.39, 0.29) is 5.91 Å². The van der Waals surface area contributed by atoms with Gasteiger partial charge in [-0.25, -0.2) is 0 Å². The van der Waals surface area contributed by atoms with Crippen LogP contribution in [-0.4, -0.2) is 16.0 Å². The number of nitrogens with zero attached hydrogens (tertiary/aromatic N) is 2. The fraction of sp³-hybridized carbons (Fsp3) is 0.286. The van der Waals surface area contributed by atoms with E-state index in [1.54, 1.807) is 12.1 Å². The molecule has 1 aromatic heterocycles.